The summed E-state index contributed by atoms with van der Waals surface area (Å²) in [5.41, 5.74) is 2.73. The summed E-state index contributed by atoms with van der Waals surface area (Å²) in [6.07, 6.45) is 2.37. The molecule has 166 valence electrons. The maximum absolute atomic E-state index is 11.6. The highest BCUT2D eigenvalue weighted by Crippen LogP contribution is 2.37. The predicted octanol–water partition coefficient (Wildman–Crippen LogP) is 3.93. The molecular formula is C24H26N4O4. The van der Waals surface area contributed by atoms with Crippen LogP contribution in [0.25, 0.3) is 33.6 Å². The third-order valence-electron chi connectivity index (χ3n) is 6.14. The third kappa shape index (κ3) is 3.31. The van der Waals surface area contributed by atoms with Gasteiger partial charge < -0.3 is 24.1 Å². The van der Waals surface area contributed by atoms with Gasteiger partial charge in [-0.05, 0) is 62.9 Å². The molecule has 3 heterocycles. The Hall–Kier alpha value is -3.39. The largest absolute Gasteiger partial charge is 0.494 e. The molecule has 2 N–H and O–H groups in total. The fourth-order valence-corrected chi connectivity index (χ4v) is 4.22. The van der Waals surface area contributed by atoms with Crippen LogP contribution in [0.4, 0.5) is 0 Å². The van der Waals surface area contributed by atoms with Crippen LogP contribution in [-0.4, -0.2) is 42.4 Å². The number of ether oxygens (including phenoxy) is 1. The number of carboxylic acid groups (broad SMARTS) is 1. The van der Waals surface area contributed by atoms with Crippen molar-refractivity contribution < 1.29 is 19.7 Å². The van der Waals surface area contributed by atoms with Crippen LogP contribution < -0.4 is 4.74 Å². The van der Waals surface area contributed by atoms with Gasteiger partial charge in [0, 0.05) is 19.0 Å². The minimum Gasteiger partial charge on any atom is -0.494 e. The fourth-order valence-electron chi connectivity index (χ4n) is 4.22. The van der Waals surface area contributed by atoms with Gasteiger partial charge in [-0.1, -0.05) is 0 Å². The number of methoxy groups -OCH3 is 1. The Morgan fingerprint density at radius 1 is 1.22 bits per heavy atom. The molecule has 4 aromatic rings. The lowest BCUT2D eigenvalue weighted by molar-refractivity contribution is 0.0695. The van der Waals surface area contributed by atoms with Crippen LogP contribution in [-0.2, 0) is 19.2 Å². The molecule has 0 amide bonds. The number of aromatic nitrogens is 4. The molecule has 0 aliphatic heterocycles. The number of pyridine rings is 1. The number of carboxylic acids is 1. The molecule has 1 aromatic carbocycles. The summed E-state index contributed by atoms with van der Waals surface area (Å²) in [6, 6.07) is 8.98. The Balaban J connectivity index is 1.76. The van der Waals surface area contributed by atoms with Crippen LogP contribution in [0.2, 0.25) is 0 Å². The monoisotopic (exact) mass is 434 g/mol. The molecule has 8 heteroatoms. The van der Waals surface area contributed by atoms with Crippen molar-refractivity contribution in [3.05, 3.63) is 41.6 Å². The first kappa shape index (κ1) is 20.5. The summed E-state index contributed by atoms with van der Waals surface area (Å²) < 4.78 is 9.61. The van der Waals surface area contributed by atoms with Crippen molar-refractivity contribution in [2.75, 3.05) is 7.11 Å². The van der Waals surface area contributed by atoms with Crippen LogP contribution in [0.15, 0.2) is 30.3 Å². The average Bonchev–Trinajstić information content (AvgIpc) is 3.41. The fraction of sp³-hybridized carbons (Fsp3) is 0.375. The number of rotatable bonds is 6. The molecule has 0 spiro atoms. The van der Waals surface area contributed by atoms with Gasteiger partial charge in [-0.15, -0.1) is 0 Å². The number of aryl methyl sites for hydroxylation is 1. The Morgan fingerprint density at radius 2 is 1.97 bits per heavy atom. The van der Waals surface area contributed by atoms with Crippen molar-refractivity contribution in [2.45, 2.75) is 38.8 Å². The van der Waals surface area contributed by atoms with Crippen LogP contribution >= 0.6 is 0 Å². The van der Waals surface area contributed by atoms with Crippen molar-refractivity contribution in [1.82, 2.24) is 19.1 Å². The Morgan fingerprint density at radius 3 is 2.59 bits per heavy atom. The minimum absolute atomic E-state index is 0.133. The van der Waals surface area contributed by atoms with E-state index >= 15 is 0 Å². The third-order valence-corrected chi connectivity index (χ3v) is 6.14. The zero-order valence-electron chi connectivity index (χ0n) is 18.6. The molecule has 1 aliphatic carbocycles. The van der Waals surface area contributed by atoms with E-state index in [-0.39, 0.29) is 5.56 Å². The normalized spacial score (nSPS) is 14.4. The molecule has 1 fully saturated rings. The van der Waals surface area contributed by atoms with Gasteiger partial charge in [0.2, 0.25) is 0 Å². The van der Waals surface area contributed by atoms with E-state index in [0.717, 1.165) is 28.8 Å². The number of hydrogen-bond donors (Lipinski definition) is 2. The Labute approximate surface area is 185 Å². The molecule has 0 atom stereocenters. The standard InChI is InChI=1S/C24H26N4O4/c1-24(2,31)19-8-7-14-10-17(28(21(14)26-19)12-13-5-6-13)22-25-16-9-15(23(29)30)11-18(32-4)20(16)27(22)3/h7-11,13,31H,5-6,12H2,1-4H3,(H,29,30). The number of carbonyl (C=O) groups is 1. The lowest BCUT2D eigenvalue weighted by Gasteiger charge is -2.17. The SMILES string of the molecule is COc1cc(C(=O)O)cc2nc(-c3cc4ccc(C(C)(C)O)nc4n3CC3CC3)n(C)c12. The van der Waals surface area contributed by atoms with Gasteiger partial charge >= 0.3 is 5.97 Å². The first-order chi connectivity index (χ1) is 15.2. The van der Waals surface area contributed by atoms with Gasteiger partial charge in [0.05, 0.1) is 29.6 Å². The number of aliphatic hydroxyl groups is 1. The second-order valence-corrected chi connectivity index (χ2v) is 9.10. The van der Waals surface area contributed by atoms with E-state index in [4.69, 9.17) is 14.7 Å². The number of imidazole rings is 1. The maximum atomic E-state index is 11.6. The van der Waals surface area contributed by atoms with E-state index in [0.29, 0.717) is 28.7 Å². The van der Waals surface area contributed by atoms with Gasteiger partial charge in [0.25, 0.3) is 0 Å². The van der Waals surface area contributed by atoms with Gasteiger partial charge in [-0.3, -0.25) is 0 Å². The van der Waals surface area contributed by atoms with E-state index in [9.17, 15) is 15.0 Å². The van der Waals surface area contributed by atoms with Gasteiger partial charge in [-0.2, -0.15) is 0 Å². The highest BCUT2D eigenvalue weighted by molar-refractivity contribution is 5.96. The number of aromatic carboxylic acids is 1. The lowest BCUT2D eigenvalue weighted by Crippen LogP contribution is -2.18. The van der Waals surface area contributed by atoms with Gasteiger partial charge in [-0.25, -0.2) is 14.8 Å². The highest BCUT2D eigenvalue weighted by atomic mass is 16.5. The zero-order chi connectivity index (χ0) is 22.8. The molecular weight excluding hydrogens is 408 g/mol. The first-order valence-corrected chi connectivity index (χ1v) is 10.7. The molecule has 8 nitrogen and oxygen atoms in total. The first-order valence-electron chi connectivity index (χ1n) is 10.7. The van der Waals surface area contributed by atoms with Gasteiger partial charge in [0.15, 0.2) is 5.82 Å². The summed E-state index contributed by atoms with van der Waals surface area (Å²) in [4.78, 5) is 21.2. The molecule has 32 heavy (non-hydrogen) atoms. The number of fused-ring (bicyclic) bond motifs is 2. The quantitative estimate of drug-likeness (QED) is 0.477. The summed E-state index contributed by atoms with van der Waals surface area (Å²) >= 11 is 0. The number of hydrogen-bond acceptors (Lipinski definition) is 5. The predicted molar refractivity (Wildman–Crippen MR) is 121 cm³/mol. The molecule has 0 unspecified atom stereocenters. The van der Waals surface area contributed by atoms with Crippen LogP contribution in [0.3, 0.4) is 0 Å². The van der Waals surface area contributed by atoms with E-state index in [1.807, 2.05) is 23.7 Å². The number of benzene rings is 1. The van der Waals surface area contributed by atoms with Crippen LogP contribution in [0, 0.1) is 5.92 Å². The van der Waals surface area contributed by atoms with Crippen molar-refractivity contribution in [3.63, 3.8) is 0 Å². The Bertz CT molecular complexity index is 1370. The topological polar surface area (TPSA) is 102 Å². The Kier molecular flexibility index (Phi) is 4.53. The maximum Gasteiger partial charge on any atom is 0.335 e. The van der Waals surface area contributed by atoms with E-state index in [1.165, 1.54) is 26.0 Å². The number of nitrogens with zero attached hydrogens (tertiary/aromatic N) is 4. The molecule has 5 rings (SSSR count). The minimum atomic E-state index is -1.04. The van der Waals surface area contributed by atoms with Crippen molar-refractivity contribution in [2.24, 2.45) is 13.0 Å². The lowest BCUT2D eigenvalue weighted by atomic mass is 10.0. The molecule has 3 aromatic heterocycles. The molecule has 0 saturated heterocycles. The van der Waals surface area contributed by atoms with Crippen molar-refractivity contribution in [3.8, 4) is 17.3 Å². The zero-order valence-corrected chi connectivity index (χ0v) is 18.6. The van der Waals surface area contributed by atoms with E-state index in [1.54, 1.807) is 19.9 Å². The second kappa shape index (κ2) is 7.06. The van der Waals surface area contributed by atoms with Crippen LogP contribution in [0.1, 0.15) is 42.7 Å². The summed E-state index contributed by atoms with van der Waals surface area (Å²) in [6.45, 7) is 4.28. The van der Waals surface area contributed by atoms with E-state index in [2.05, 4.69) is 10.6 Å². The summed E-state index contributed by atoms with van der Waals surface area (Å²) in [5, 5.41) is 20.9. The van der Waals surface area contributed by atoms with Crippen molar-refractivity contribution in [1.29, 1.82) is 0 Å². The van der Waals surface area contributed by atoms with Gasteiger partial charge in [0.1, 0.15) is 22.5 Å². The highest BCUT2D eigenvalue weighted by Gasteiger charge is 2.27. The van der Waals surface area contributed by atoms with E-state index < -0.39 is 11.6 Å². The summed E-state index contributed by atoms with van der Waals surface area (Å²) in [5.74, 6) is 0.751. The average molecular weight is 434 g/mol. The summed E-state index contributed by atoms with van der Waals surface area (Å²) in [7, 11) is 3.43. The molecule has 0 radical (unpaired) electrons. The smallest absolute Gasteiger partial charge is 0.335 e. The molecule has 0 bridgehead atoms. The van der Waals surface area contributed by atoms with Crippen LogP contribution in [0.5, 0.6) is 5.75 Å². The second-order valence-electron chi connectivity index (χ2n) is 9.10. The van der Waals surface area contributed by atoms with Crippen molar-refractivity contribution >= 4 is 28.0 Å². The molecule has 1 aliphatic rings. The molecule has 1 saturated carbocycles.